The summed E-state index contributed by atoms with van der Waals surface area (Å²) in [6, 6.07) is 16.1. The molecule has 0 amide bonds. The van der Waals surface area contributed by atoms with E-state index in [-0.39, 0.29) is 0 Å². The number of ether oxygens (including phenoxy) is 2. The number of methoxy groups -OCH3 is 2. The van der Waals surface area contributed by atoms with E-state index in [1.54, 1.807) is 26.4 Å². The largest absolute Gasteiger partial charge is 0.497 e. The van der Waals surface area contributed by atoms with Crippen molar-refractivity contribution in [1.29, 1.82) is 5.26 Å². The van der Waals surface area contributed by atoms with Crippen molar-refractivity contribution in [1.82, 2.24) is 4.98 Å². The van der Waals surface area contributed by atoms with Crippen molar-refractivity contribution < 1.29 is 9.47 Å². The maximum atomic E-state index is 9.64. The molecule has 2 aromatic carbocycles. The van der Waals surface area contributed by atoms with Crippen LogP contribution < -0.4 is 9.47 Å². The smallest absolute Gasteiger partial charge is 0.134 e. The maximum absolute atomic E-state index is 9.64. The van der Waals surface area contributed by atoms with E-state index in [0.717, 1.165) is 23.2 Å². The lowest BCUT2D eigenvalue weighted by Gasteiger charge is -2.07. The zero-order chi connectivity index (χ0) is 19.2. The lowest BCUT2D eigenvalue weighted by Crippen LogP contribution is -1.90. The Morgan fingerprint density at radius 1 is 1.15 bits per heavy atom. The Hall–Kier alpha value is -3.10. The van der Waals surface area contributed by atoms with E-state index in [0.29, 0.717) is 22.1 Å². The van der Waals surface area contributed by atoms with Crippen LogP contribution in [0.4, 0.5) is 0 Å². The van der Waals surface area contributed by atoms with Gasteiger partial charge in [0.15, 0.2) is 0 Å². The Morgan fingerprint density at radius 2 is 1.93 bits per heavy atom. The van der Waals surface area contributed by atoms with Crippen molar-refractivity contribution in [2.24, 2.45) is 0 Å². The van der Waals surface area contributed by atoms with E-state index in [2.05, 4.69) is 42.2 Å². The van der Waals surface area contributed by atoms with Gasteiger partial charge in [-0.25, -0.2) is 4.98 Å². The number of nitriles is 1. The third-order valence-electron chi connectivity index (χ3n) is 4.25. The zero-order valence-corrected chi connectivity index (χ0v) is 16.3. The van der Waals surface area contributed by atoms with Crippen LogP contribution in [-0.2, 0) is 6.42 Å². The summed E-state index contributed by atoms with van der Waals surface area (Å²) in [5, 5.41) is 12.3. The van der Waals surface area contributed by atoms with Gasteiger partial charge in [-0.05, 0) is 30.2 Å². The fourth-order valence-electron chi connectivity index (χ4n) is 2.68. The molecule has 136 valence electrons. The van der Waals surface area contributed by atoms with Gasteiger partial charge in [0.2, 0.25) is 0 Å². The molecule has 0 bridgehead atoms. The number of hydrogen-bond donors (Lipinski definition) is 0. The van der Waals surface area contributed by atoms with Crippen LogP contribution in [0, 0.1) is 11.3 Å². The molecule has 0 fully saturated rings. The first kappa shape index (κ1) is 18.7. The highest BCUT2D eigenvalue weighted by Gasteiger charge is 2.11. The normalized spacial score (nSPS) is 11.1. The summed E-state index contributed by atoms with van der Waals surface area (Å²) in [6.07, 6.45) is 2.80. The minimum absolute atomic E-state index is 0.500. The van der Waals surface area contributed by atoms with Crippen molar-refractivity contribution in [2.45, 2.75) is 13.3 Å². The lowest BCUT2D eigenvalue weighted by atomic mass is 10.1. The van der Waals surface area contributed by atoms with E-state index < -0.39 is 0 Å². The number of allylic oxidation sites excluding steroid dienone is 1. The molecule has 0 aliphatic heterocycles. The molecule has 0 spiro atoms. The van der Waals surface area contributed by atoms with Crippen LogP contribution in [0.5, 0.6) is 11.5 Å². The second-order valence-corrected chi connectivity index (χ2v) is 6.72. The summed E-state index contributed by atoms with van der Waals surface area (Å²) in [5.74, 6) is 1.35. The van der Waals surface area contributed by atoms with Gasteiger partial charge in [0.1, 0.15) is 22.6 Å². The van der Waals surface area contributed by atoms with Crippen LogP contribution in [0.25, 0.3) is 22.9 Å². The third kappa shape index (κ3) is 4.18. The molecular weight excluding hydrogens is 356 g/mol. The Labute approximate surface area is 163 Å². The summed E-state index contributed by atoms with van der Waals surface area (Å²) in [5.41, 5.74) is 4.52. The molecule has 27 heavy (non-hydrogen) atoms. The van der Waals surface area contributed by atoms with Crippen LogP contribution in [0.2, 0.25) is 0 Å². The number of benzene rings is 2. The summed E-state index contributed by atoms with van der Waals surface area (Å²) in [4.78, 5) is 4.65. The van der Waals surface area contributed by atoms with Crippen molar-refractivity contribution in [3.63, 3.8) is 0 Å². The first-order valence-electron chi connectivity index (χ1n) is 8.57. The fraction of sp³-hybridized carbons (Fsp3) is 0.182. The van der Waals surface area contributed by atoms with Gasteiger partial charge in [-0.2, -0.15) is 5.26 Å². The molecule has 0 atom stereocenters. The molecule has 0 unspecified atom stereocenters. The SMILES string of the molecule is CCc1ccc(-c2csc(/C(C#N)=C/c3ccc(OC)cc3OC)n2)cc1. The lowest BCUT2D eigenvalue weighted by molar-refractivity contribution is 0.394. The van der Waals surface area contributed by atoms with Crippen molar-refractivity contribution in [3.05, 3.63) is 64.0 Å². The van der Waals surface area contributed by atoms with E-state index in [4.69, 9.17) is 9.47 Å². The first-order valence-corrected chi connectivity index (χ1v) is 9.45. The van der Waals surface area contributed by atoms with Crippen LogP contribution in [-0.4, -0.2) is 19.2 Å². The number of thiazole rings is 1. The van der Waals surface area contributed by atoms with Gasteiger partial charge in [0, 0.05) is 22.6 Å². The highest BCUT2D eigenvalue weighted by atomic mass is 32.1. The van der Waals surface area contributed by atoms with E-state index in [9.17, 15) is 5.26 Å². The van der Waals surface area contributed by atoms with Gasteiger partial charge >= 0.3 is 0 Å². The van der Waals surface area contributed by atoms with Gasteiger partial charge in [0.05, 0.1) is 25.5 Å². The Morgan fingerprint density at radius 3 is 2.56 bits per heavy atom. The number of rotatable bonds is 6. The summed E-state index contributed by atoms with van der Waals surface area (Å²) >= 11 is 1.46. The van der Waals surface area contributed by atoms with Crippen LogP contribution in [0.15, 0.2) is 47.8 Å². The number of aromatic nitrogens is 1. The second kappa shape index (κ2) is 8.52. The molecule has 0 N–H and O–H groups in total. The second-order valence-electron chi connectivity index (χ2n) is 5.87. The molecule has 1 heterocycles. The van der Waals surface area contributed by atoms with E-state index in [1.807, 2.05) is 17.5 Å². The fourth-order valence-corrected chi connectivity index (χ4v) is 3.47. The van der Waals surface area contributed by atoms with Crippen LogP contribution in [0.1, 0.15) is 23.1 Å². The molecule has 3 aromatic rings. The predicted octanol–water partition coefficient (Wildman–Crippen LogP) is 5.45. The average Bonchev–Trinajstić information content (AvgIpc) is 3.22. The van der Waals surface area contributed by atoms with Crippen molar-refractivity contribution in [3.8, 4) is 28.8 Å². The van der Waals surface area contributed by atoms with Gasteiger partial charge in [-0.15, -0.1) is 11.3 Å². The number of hydrogen-bond acceptors (Lipinski definition) is 5. The van der Waals surface area contributed by atoms with E-state index >= 15 is 0 Å². The van der Waals surface area contributed by atoms with Gasteiger partial charge in [-0.3, -0.25) is 0 Å². The molecule has 1 aromatic heterocycles. The summed E-state index contributed by atoms with van der Waals surface area (Å²) in [7, 11) is 3.20. The predicted molar refractivity (Wildman–Crippen MR) is 110 cm³/mol. The average molecular weight is 376 g/mol. The van der Waals surface area contributed by atoms with Gasteiger partial charge in [0.25, 0.3) is 0 Å². The van der Waals surface area contributed by atoms with Crippen molar-refractivity contribution in [2.75, 3.05) is 14.2 Å². The van der Waals surface area contributed by atoms with Crippen molar-refractivity contribution >= 4 is 23.0 Å². The molecular formula is C22H20N2O2S. The first-order chi connectivity index (χ1) is 13.2. The van der Waals surface area contributed by atoms with E-state index in [1.165, 1.54) is 16.9 Å². The molecule has 0 radical (unpaired) electrons. The number of aryl methyl sites for hydroxylation is 1. The summed E-state index contributed by atoms with van der Waals surface area (Å²) in [6.45, 7) is 2.13. The Balaban J connectivity index is 1.93. The minimum Gasteiger partial charge on any atom is -0.497 e. The maximum Gasteiger partial charge on any atom is 0.134 e. The Bertz CT molecular complexity index is 998. The molecule has 0 saturated heterocycles. The summed E-state index contributed by atoms with van der Waals surface area (Å²) < 4.78 is 10.6. The number of nitrogens with zero attached hydrogens (tertiary/aromatic N) is 2. The van der Waals surface area contributed by atoms with Gasteiger partial charge in [-0.1, -0.05) is 31.2 Å². The molecule has 0 aliphatic rings. The van der Waals surface area contributed by atoms with Crippen LogP contribution in [0.3, 0.4) is 0 Å². The minimum atomic E-state index is 0.500. The molecule has 0 saturated carbocycles. The highest BCUT2D eigenvalue weighted by molar-refractivity contribution is 7.11. The molecule has 0 aliphatic carbocycles. The zero-order valence-electron chi connectivity index (χ0n) is 15.5. The quantitative estimate of drug-likeness (QED) is 0.537. The highest BCUT2D eigenvalue weighted by Crippen LogP contribution is 2.31. The third-order valence-corrected chi connectivity index (χ3v) is 5.13. The Kier molecular flexibility index (Phi) is 5.90. The van der Waals surface area contributed by atoms with Gasteiger partial charge < -0.3 is 9.47 Å². The molecule has 4 nitrogen and oxygen atoms in total. The molecule has 3 rings (SSSR count). The standard InChI is InChI=1S/C22H20N2O2S/c1-4-15-5-7-16(8-6-15)20-14-27-22(24-20)18(13-23)11-17-9-10-19(25-2)12-21(17)26-3/h5-12,14H,4H2,1-3H3/b18-11+. The monoisotopic (exact) mass is 376 g/mol. The topological polar surface area (TPSA) is 55.1 Å². The molecule has 5 heteroatoms. The van der Waals surface area contributed by atoms with Crippen LogP contribution >= 0.6 is 11.3 Å².